The maximum atomic E-state index is 12.1. The zero-order chi connectivity index (χ0) is 15.6. The molecule has 1 fully saturated rings. The van der Waals surface area contributed by atoms with Crippen LogP contribution < -0.4 is 10.6 Å². The molecule has 0 aromatic heterocycles. The SMILES string of the molecule is Cc1cccc(NC(=O)NC2CCC(C)C2C)c1C(=O)O. The molecule has 21 heavy (non-hydrogen) atoms. The highest BCUT2D eigenvalue weighted by Crippen LogP contribution is 2.31. The van der Waals surface area contributed by atoms with Crippen molar-refractivity contribution in [2.45, 2.75) is 39.7 Å². The van der Waals surface area contributed by atoms with Crippen LogP contribution in [-0.4, -0.2) is 23.1 Å². The normalized spacial score (nSPS) is 24.6. The van der Waals surface area contributed by atoms with Crippen LogP contribution in [0, 0.1) is 18.8 Å². The smallest absolute Gasteiger partial charge is 0.338 e. The van der Waals surface area contributed by atoms with E-state index in [-0.39, 0.29) is 17.6 Å². The summed E-state index contributed by atoms with van der Waals surface area (Å²) in [5.74, 6) is 0.00214. The summed E-state index contributed by atoms with van der Waals surface area (Å²) < 4.78 is 0. The molecule has 0 saturated heterocycles. The van der Waals surface area contributed by atoms with Crippen LogP contribution in [-0.2, 0) is 0 Å². The van der Waals surface area contributed by atoms with E-state index in [9.17, 15) is 14.7 Å². The second-order valence-electron chi connectivity index (χ2n) is 5.92. The molecule has 0 bridgehead atoms. The Labute approximate surface area is 124 Å². The number of carboxylic acid groups (broad SMARTS) is 1. The van der Waals surface area contributed by atoms with Gasteiger partial charge in [-0.2, -0.15) is 0 Å². The highest BCUT2D eigenvalue weighted by molar-refractivity contribution is 6.01. The molecule has 3 N–H and O–H groups in total. The van der Waals surface area contributed by atoms with Crippen molar-refractivity contribution in [1.29, 1.82) is 0 Å². The molecule has 1 aliphatic rings. The molecule has 1 aliphatic carbocycles. The van der Waals surface area contributed by atoms with Crippen molar-refractivity contribution in [1.82, 2.24) is 5.32 Å². The van der Waals surface area contributed by atoms with Crippen LogP contribution >= 0.6 is 0 Å². The van der Waals surface area contributed by atoms with E-state index in [0.29, 0.717) is 23.1 Å². The first-order valence-electron chi connectivity index (χ1n) is 7.30. The molecular weight excluding hydrogens is 268 g/mol. The van der Waals surface area contributed by atoms with Crippen molar-refractivity contribution in [3.05, 3.63) is 29.3 Å². The number of nitrogens with one attached hydrogen (secondary N) is 2. The Bertz CT molecular complexity index is 556. The molecule has 1 saturated carbocycles. The maximum absolute atomic E-state index is 12.1. The van der Waals surface area contributed by atoms with E-state index in [2.05, 4.69) is 24.5 Å². The molecule has 2 amide bonds. The van der Waals surface area contributed by atoms with Gasteiger partial charge in [0.2, 0.25) is 0 Å². The minimum Gasteiger partial charge on any atom is -0.478 e. The summed E-state index contributed by atoms with van der Waals surface area (Å²) in [5, 5.41) is 14.9. The minimum atomic E-state index is -1.04. The zero-order valence-electron chi connectivity index (χ0n) is 12.6. The van der Waals surface area contributed by atoms with E-state index in [1.807, 2.05) is 0 Å². The predicted molar refractivity (Wildman–Crippen MR) is 81.6 cm³/mol. The van der Waals surface area contributed by atoms with Gasteiger partial charge in [0.25, 0.3) is 0 Å². The van der Waals surface area contributed by atoms with Crippen LogP contribution in [0.15, 0.2) is 18.2 Å². The van der Waals surface area contributed by atoms with Crippen LogP contribution in [0.3, 0.4) is 0 Å². The number of hydrogen-bond donors (Lipinski definition) is 3. The Balaban J connectivity index is 2.07. The van der Waals surface area contributed by atoms with Crippen molar-refractivity contribution in [2.75, 3.05) is 5.32 Å². The van der Waals surface area contributed by atoms with Gasteiger partial charge in [0.15, 0.2) is 0 Å². The summed E-state index contributed by atoms with van der Waals surface area (Å²) in [4.78, 5) is 23.4. The predicted octanol–water partition coefficient (Wildman–Crippen LogP) is 3.25. The number of carboxylic acids is 1. The lowest BCUT2D eigenvalue weighted by atomic mass is 9.98. The fraction of sp³-hybridized carbons (Fsp3) is 0.500. The van der Waals surface area contributed by atoms with E-state index in [0.717, 1.165) is 12.8 Å². The van der Waals surface area contributed by atoms with E-state index in [4.69, 9.17) is 0 Å². The molecule has 114 valence electrons. The molecule has 5 heteroatoms. The molecule has 2 rings (SSSR count). The second kappa shape index (κ2) is 6.16. The number of anilines is 1. The Morgan fingerprint density at radius 1 is 1.24 bits per heavy atom. The van der Waals surface area contributed by atoms with Gasteiger partial charge in [-0.3, -0.25) is 0 Å². The van der Waals surface area contributed by atoms with Gasteiger partial charge in [0.05, 0.1) is 11.3 Å². The Morgan fingerprint density at radius 2 is 1.95 bits per heavy atom. The van der Waals surface area contributed by atoms with Gasteiger partial charge in [-0.1, -0.05) is 26.0 Å². The van der Waals surface area contributed by atoms with Crippen LogP contribution in [0.4, 0.5) is 10.5 Å². The summed E-state index contributed by atoms with van der Waals surface area (Å²) in [6.07, 6.45) is 2.08. The van der Waals surface area contributed by atoms with Crippen molar-refractivity contribution >= 4 is 17.7 Å². The number of hydrogen-bond acceptors (Lipinski definition) is 2. The largest absolute Gasteiger partial charge is 0.478 e. The van der Waals surface area contributed by atoms with Gasteiger partial charge in [0.1, 0.15) is 0 Å². The lowest BCUT2D eigenvalue weighted by Gasteiger charge is -2.20. The fourth-order valence-corrected chi connectivity index (χ4v) is 2.95. The van der Waals surface area contributed by atoms with Crippen molar-refractivity contribution in [3.8, 4) is 0 Å². The van der Waals surface area contributed by atoms with Gasteiger partial charge < -0.3 is 15.7 Å². The monoisotopic (exact) mass is 290 g/mol. The summed E-state index contributed by atoms with van der Waals surface area (Å²) in [5.41, 5.74) is 1.10. The number of benzene rings is 1. The average Bonchev–Trinajstić information content (AvgIpc) is 2.70. The van der Waals surface area contributed by atoms with Crippen LogP contribution in [0.2, 0.25) is 0 Å². The lowest BCUT2D eigenvalue weighted by molar-refractivity contribution is 0.0697. The first-order chi connectivity index (χ1) is 9.90. The Morgan fingerprint density at radius 3 is 2.52 bits per heavy atom. The third-order valence-electron chi connectivity index (χ3n) is 4.52. The van der Waals surface area contributed by atoms with Gasteiger partial charge in [-0.05, 0) is 43.2 Å². The fourth-order valence-electron chi connectivity index (χ4n) is 2.95. The topological polar surface area (TPSA) is 78.4 Å². The van der Waals surface area contributed by atoms with Crippen molar-refractivity contribution < 1.29 is 14.7 Å². The summed E-state index contributed by atoms with van der Waals surface area (Å²) >= 11 is 0. The number of amides is 2. The third kappa shape index (κ3) is 3.35. The van der Waals surface area contributed by atoms with E-state index < -0.39 is 5.97 Å². The van der Waals surface area contributed by atoms with Crippen molar-refractivity contribution in [2.24, 2.45) is 11.8 Å². The molecule has 0 radical (unpaired) electrons. The van der Waals surface area contributed by atoms with Gasteiger partial charge in [-0.25, -0.2) is 9.59 Å². The van der Waals surface area contributed by atoms with Gasteiger partial charge in [-0.15, -0.1) is 0 Å². The maximum Gasteiger partial charge on any atom is 0.338 e. The molecule has 3 atom stereocenters. The number of rotatable bonds is 3. The molecule has 0 aliphatic heterocycles. The summed E-state index contributed by atoms with van der Waals surface area (Å²) in [7, 11) is 0. The van der Waals surface area contributed by atoms with E-state index in [1.54, 1.807) is 25.1 Å². The van der Waals surface area contributed by atoms with E-state index in [1.165, 1.54) is 0 Å². The van der Waals surface area contributed by atoms with Gasteiger partial charge >= 0.3 is 12.0 Å². The standard InChI is InChI=1S/C16H22N2O3/c1-9-7-8-12(11(9)3)17-16(21)18-13-6-4-5-10(2)14(13)15(19)20/h4-6,9,11-12H,7-8H2,1-3H3,(H,19,20)(H2,17,18,21). The van der Waals surface area contributed by atoms with Crippen LogP contribution in [0.25, 0.3) is 0 Å². The molecule has 3 unspecified atom stereocenters. The summed E-state index contributed by atoms with van der Waals surface area (Å²) in [6.45, 7) is 6.04. The molecular formula is C16H22N2O3. The third-order valence-corrected chi connectivity index (χ3v) is 4.52. The van der Waals surface area contributed by atoms with Crippen molar-refractivity contribution in [3.63, 3.8) is 0 Å². The number of aromatic carboxylic acids is 1. The first-order valence-corrected chi connectivity index (χ1v) is 7.30. The minimum absolute atomic E-state index is 0.139. The average molecular weight is 290 g/mol. The Hall–Kier alpha value is -2.04. The zero-order valence-corrected chi connectivity index (χ0v) is 12.6. The lowest BCUT2D eigenvalue weighted by Crippen LogP contribution is -2.40. The van der Waals surface area contributed by atoms with Gasteiger partial charge in [0, 0.05) is 6.04 Å². The highest BCUT2D eigenvalue weighted by atomic mass is 16.4. The number of urea groups is 1. The number of carbonyl (C=O) groups is 2. The quantitative estimate of drug-likeness (QED) is 0.799. The molecule has 0 heterocycles. The van der Waals surface area contributed by atoms with Crippen LogP contribution in [0.5, 0.6) is 0 Å². The summed E-state index contributed by atoms with van der Waals surface area (Å²) in [6, 6.07) is 4.87. The van der Waals surface area contributed by atoms with E-state index >= 15 is 0 Å². The molecule has 0 spiro atoms. The molecule has 5 nitrogen and oxygen atoms in total. The molecule has 1 aromatic rings. The van der Waals surface area contributed by atoms with Crippen LogP contribution in [0.1, 0.15) is 42.6 Å². The first kappa shape index (κ1) is 15.4. The molecule has 1 aromatic carbocycles. The highest BCUT2D eigenvalue weighted by Gasteiger charge is 2.30. The number of aryl methyl sites for hydroxylation is 1. The second-order valence-corrected chi connectivity index (χ2v) is 5.92. The Kier molecular flexibility index (Phi) is 4.50. The number of carbonyl (C=O) groups excluding carboxylic acids is 1.